The van der Waals surface area contributed by atoms with Crippen molar-refractivity contribution < 1.29 is 4.79 Å². The molecular weight excluding hydrogens is 252 g/mol. The standard InChI is InChI=1S/C15H14N4O/c16-13-9-17-19-15(13)18-14(20)8-10-5-6-11-3-1-2-4-12(11)7-10/h1-7,9H,8,16H2,(H2,17,18,19,20). The van der Waals surface area contributed by atoms with Crippen LogP contribution in [0, 0.1) is 0 Å². The smallest absolute Gasteiger partial charge is 0.229 e. The summed E-state index contributed by atoms with van der Waals surface area (Å²) in [7, 11) is 0. The number of amides is 1. The number of anilines is 2. The third kappa shape index (κ3) is 2.47. The van der Waals surface area contributed by atoms with Crippen molar-refractivity contribution in [2.45, 2.75) is 6.42 Å². The monoisotopic (exact) mass is 266 g/mol. The Labute approximate surface area is 115 Å². The Morgan fingerprint density at radius 2 is 2.00 bits per heavy atom. The highest BCUT2D eigenvalue weighted by atomic mass is 16.1. The molecule has 0 aliphatic rings. The second-order valence-electron chi connectivity index (χ2n) is 4.61. The summed E-state index contributed by atoms with van der Waals surface area (Å²) >= 11 is 0. The van der Waals surface area contributed by atoms with Crippen LogP contribution in [0.25, 0.3) is 10.8 Å². The molecule has 0 fully saturated rings. The second kappa shape index (κ2) is 5.05. The fraction of sp³-hybridized carbons (Fsp3) is 0.0667. The normalized spacial score (nSPS) is 10.6. The Morgan fingerprint density at radius 1 is 1.20 bits per heavy atom. The summed E-state index contributed by atoms with van der Waals surface area (Å²) in [5.41, 5.74) is 7.03. The number of rotatable bonds is 3. The first kappa shape index (κ1) is 12.2. The minimum absolute atomic E-state index is 0.128. The van der Waals surface area contributed by atoms with Gasteiger partial charge in [-0.2, -0.15) is 5.10 Å². The molecule has 0 saturated heterocycles. The molecule has 0 aliphatic carbocycles. The lowest BCUT2D eigenvalue weighted by Gasteiger charge is -2.05. The average molecular weight is 266 g/mol. The maximum absolute atomic E-state index is 12.0. The van der Waals surface area contributed by atoms with E-state index in [0.717, 1.165) is 16.3 Å². The zero-order valence-electron chi connectivity index (χ0n) is 10.8. The summed E-state index contributed by atoms with van der Waals surface area (Å²) in [5.74, 6) is 0.312. The van der Waals surface area contributed by atoms with Crippen LogP contribution in [0.2, 0.25) is 0 Å². The number of nitrogen functional groups attached to an aromatic ring is 1. The molecule has 20 heavy (non-hydrogen) atoms. The SMILES string of the molecule is Nc1cn[nH]c1NC(=O)Cc1ccc2ccccc2c1. The van der Waals surface area contributed by atoms with E-state index in [-0.39, 0.29) is 5.91 Å². The molecule has 0 aliphatic heterocycles. The topological polar surface area (TPSA) is 83.8 Å². The molecule has 1 heterocycles. The van der Waals surface area contributed by atoms with Crippen LogP contribution in [0.5, 0.6) is 0 Å². The number of aromatic amines is 1. The predicted octanol–water partition coefficient (Wildman–Crippen LogP) is 2.33. The van der Waals surface area contributed by atoms with Crippen LogP contribution in [-0.2, 0) is 11.2 Å². The number of hydrogen-bond acceptors (Lipinski definition) is 3. The van der Waals surface area contributed by atoms with Gasteiger partial charge in [0.05, 0.1) is 18.3 Å². The van der Waals surface area contributed by atoms with Gasteiger partial charge in [-0.3, -0.25) is 9.89 Å². The number of carbonyl (C=O) groups excluding carboxylic acids is 1. The van der Waals surface area contributed by atoms with Crippen molar-refractivity contribution in [3.05, 3.63) is 54.2 Å². The van der Waals surface area contributed by atoms with Crippen LogP contribution in [0.15, 0.2) is 48.7 Å². The zero-order chi connectivity index (χ0) is 13.9. The van der Waals surface area contributed by atoms with Gasteiger partial charge in [-0.1, -0.05) is 42.5 Å². The van der Waals surface area contributed by atoms with Crippen LogP contribution in [-0.4, -0.2) is 16.1 Å². The number of H-pyrrole nitrogens is 1. The van der Waals surface area contributed by atoms with Crippen molar-refractivity contribution in [3.63, 3.8) is 0 Å². The van der Waals surface area contributed by atoms with Crippen molar-refractivity contribution in [2.24, 2.45) is 0 Å². The molecule has 0 atom stereocenters. The number of benzene rings is 2. The average Bonchev–Trinajstić information content (AvgIpc) is 2.84. The van der Waals surface area contributed by atoms with E-state index in [1.807, 2.05) is 42.5 Å². The van der Waals surface area contributed by atoms with E-state index in [4.69, 9.17) is 5.73 Å². The highest BCUT2D eigenvalue weighted by molar-refractivity contribution is 5.94. The van der Waals surface area contributed by atoms with Crippen molar-refractivity contribution in [3.8, 4) is 0 Å². The molecule has 1 amide bonds. The zero-order valence-corrected chi connectivity index (χ0v) is 10.8. The van der Waals surface area contributed by atoms with E-state index in [2.05, 4.69) is 15.5 Å². The second-order valence-corrected chi connectivity index (χ2v) is 4.61. The Hall–Kier alpha value is -2.82. The number of carbonyl (C=O) groups is 1. The maximum atomic E-state index is 12.0. The van der Waals surface area contributed by atoms with Gasteiger partial charge in [-0.25, -0.2) is 0 Å². The van der Waals surface area contributed by atoms with Crippen LogP contribution in [0.3, 0.4) is 0 Å². The molecular formula is C15H14N4O. The third-order valence-electron chi connectivity index (χ3n) is 3.11. The van der Waals surface area contributed by atoms with Crippen LogP contribution in [0.1, 0.15) is 5.56 Å². The van der Waals surface area contributed by atoms with Gasteiger partial charge in [0.25, 0.3) is 0 Å². The lowest BCUT2D eigenvalue weighted by molar-refractivity contribution is -0.115. The third-order valence-corrected chi connectivity index (χ3v) is 3.11. The first-order valence-corrected chi connectivity index (χ1v) is 6.29. The largest absolute Gasteiger partial charge is 0.394 e. The number of hydrogen-bond donors (Lipinski definition) is 3. The minimum atomic E-state index is -0.128. The van der Waals surface area contributed by atoms with Gasteiger partial charge in [-0.05, 0) is 16.3 Å². The van der Waals surface area contributed by atoms with Crippen molar-refractivity contribution >= 4 is 28.2 Å². The van der Waals surface area contributed by atoms with Gasteiger partial charge in [0.1, 0.15) is 0 Å². The van der Waals surface area contributed by atoms with Gasteiger partial charge in [0.15, 0.2) is 5.82 Å². The van der Waals surface area contributed by atoms with E-state index in [1.54, 1.807) is 0 Å². The first-order valence-electron chi connectivity index (χ1n) is 6.29. The quantitative estimate of drug-likeness (QED) is 0.680. The summed E-state index contributed by atoms with van der Waals surface area (Å²) in [6.07, 6.45) is 1.76. The molecule has 0 saturated carbocycles. The van der Waals surface area contributed by atoms with Crippen molar-refractivity contribution in [2.75, 3.05) is 11.1 Å². The number of nitrogens with zero attached hydrogens (tertiary/aromatic N) is 1. The number of nitrogens with two attached hydrogens (primary N) is 1. The lowest BCUT2D eigenvalue weighted by Crippen LogP contribution is -2.15. The molecule has 1 aromatic heterocycles. The highest BCUT2D eigenvalue weighted by Crippen LogP contribution is 2.17. The van der Waals surface area contributed by atoms with Gasteiger partial charge in [-0.15, -0.1) is 0 Å². The first-order chi connectivity index (χ1) is 9.72. The number of nitrogens with one attached hydrogen (secondary N) is 2. The molecule has 0 unspecified atom stereocenters. The fourth-order valence-electron chi connectivity index (χ4n) is 2.11. The molecule has 5 nitrogen and oxygen atoms in total. The summed E-state index contributed by atoms with van der Waals surface area (Å²) in [6, 6.07) is 14.0. The van der Waals surface area contributed by atoms with E-state index in [9.17, 15) is 4.79 Å². The fourth-order valence-corrected chi connectivity index (χ4v) is 2.11. The Bertz CT molecular complexity index is 763. The van der Waals surface area contributed by atoms with Gasteiger partial charge < -0.3 is 11.1 Å². The van der Waals surface area contributed by atoms with E-state index < -0.39 is 0 Å². The predicted molar refractivity (Wildman–Crippen MR) is 79.3 cm³/mol. The molecule has 0 radical (unpaired) electrons. The highest BCUT2D eigenvalue weighted by Gasteiger charge is 2.08. The van der Waals surface area contributed by atoms with Gasteiger partial charge in [0, 0.05) is 0 Å². The summed E-state index contributed by atoms with van der Waals surface area (Å²) in [6.45, 7) is 0. The van der Waals surface area contributed by atoms with Gasteiger partial charge in [0.2, 0.25) is 5.91 Å². The lowest BCUT2D eigenvalue weighted by atomic mass is 10.0. The molecule has 3 rings (SSSR count). The van der Waals surface area contributed by atoms with Gasteiger partial charge >= 0.3 is 0 Å². The summed E-state index contributed by atoms with van der Waals surface area (Å²) in [5, 5.41) is 11.4. The molecule has 0 bridgehead atoms. The molecule has 3 aromatic rings. The number of fused-ring (bicyclic) bond motifs is 1. The van der Waals surface area contributed by atoms with E-state index in [1.165, 1.54) is 6.20 Å². The van der Waals surface area contributed by atoms with Crippen molar-refractivity contribution in [1.29, 1.82) is 0 Å². The molecule has 4 N–H and O–H groups in total. The Morgan fingerprint density at radius 3 is 2.75 bits per heavy atom. The molecule has 100 valence electrons. The molecule has 5 heteroatoms. The Balaban J connectivity index is 1.75. The van der Waals surface area contributed by atoms with Crippen molar-refractivity contribution in [1.82, 2.24) is 10.2 Å². The van der Waals surface area contributed by atoms with E-state index in [0.29, 0.717) is 17.9 Å². The van der Waals surface area contributed by atoms with E-state index >= 15 is 0 Å². The van der Waals surface area contributed by atoms with Crippen LogP contribution < -0.4 is 11.1 Å². The molecule has 2 aromatic carbocycles. The van der Waals surface area contributed by atoms with Crippen LogP contribution in [0.4, 0.5) is 11.5 Å². The number of aromatic nitrogens is 2. The maximum Gasteiger partial charge on any atom is 0.229 e. The van der Waals surface area contributed by atoms with Crippen LogP contribution >= 0.6 is 0 Å². The summed E-state index contributed by atoms with van der Waals surface area (Å²) < 4.78 is 0. The molecule has 0 spiro atoms. The minimum Gasteiger partial charge on any atom is -0.394 e. The Kier molecular flexibility index (Phi) is 3.09. The summed E-state index contributed by atoms with van der Waals surface area (Å²) in [4.78, 5) is 12.0.